The maximum absolute atomic E-state index is 5.23. The van der Waals surface area contributed by atoms with Crippen LogP contribution in [-0.2, 0) is 5.41 Å². The van der Waals surface area contributed by atoms with Gasteiger partial charge in [0.2, 0.25) is 0 Å². The van der Waals surface area contributed by atoms with Crippen LogP contribution < -0.4 is 4.74 Å². The van der Waals surface area contributed by atoms with Gasteiger partial charge in [0.15, 0.2) is 0 Å². The fraction of sp³-hybridized carbons (Fsp3) is 0.357. The molecule has 1 aromatic heterocycles. The Bertz CT molecular complexity index is 555. The number of halogens is 1. The standard InChI is InChI=1S/C14H17BrN2O/c1-14(2,3)13-12(15)9-17(16-13)10-6-5-7-11(8-10)18-4/h5-9H,1-4H3. The minimum atomic E-state index is 0.0168. The minimum absolute atomic E-state index is 0.0168. The molecule has 3 nitrogen and oxygen atoms in total. The van der Waals surface area contributed by atoms with Crippen molar-refractivity contribution in [3.63, 3.8) is 0 Å². The highest BCUT2D eigenvalue weighted by Crippen LogP contribution is 2.29. The van der Waals surface area contributed by atoms with Crippen molar-refractivity contribution < 1.29 is 4.74 Å². The summed E-state index contributed by atoms with van der Waals surface area (Å²) in [6, 6.07) is 7.85. The Hall–Kier alpha value is -1.29. The van der Waals surface area contributed by atoms with E-state index in [1.54, 1.807) is 7.11 Å². The van der Waals surface area contributed by atoms with E-state index < -0.39 is 0 Å². The average Bonchev–Trinajstić information content (AvgIpc) is 2.71. The molecule has 0 atom stereocenters. The molecule has 0 saturated carbocycles. The molecule has 0 unspecified atom stereocenters. The number of rotatable bonds is 2. The summed E-state index contributed by atoms with van der Waals surface area (Å²) in [5, 5.41) is 4.64. The molecule has 0 spiro atoms. The van der Waals surface area contributed by atoms with Crippen LogP contribution >= 0.6 is 15.9 Å². The predicted molar refractivity (Wildman–Crippen MR) is 76.5 cm³/mol. The van der Waals surface area contributed by atoms with Gasteiger partial charge in [0.1, 0.15) is 5.75 Å². The molecule has 4 heteroatoms. The van der Waals surface area contributed by atoms with E-state index in [2.05, 4.69) is 41.8 Å². The highest BCUT2D eigenvalue weighted by molar-refractivity contribution is 9.10. The van der Waals surface area contributed by atoms with Gasteiger partial charge in [-0.2, -0.15) is 5.10 Å². The molecule has 1 aromatic carbocycles. The number of nitrogens with zero attached hydrogens (tertiary/aromatic N) is 2. The number of hydrogen-bond acceptors (Lipinski definition) is 2. The minimum Gasteiger partial charge on any atom is -0.497 e. The van der Waals surface area contributed by atoms with E-state index in [0.29, 0.717) is 0 Å². The van der Waals surface area contributed by atoms with Gasteiger partial charge < -0.3 is 4.74 Å². The van der Waals surface area contributed by atoms with E-state index in [0.717, 1.165) is 21.6 Å². The van der Waals surface area contributed by atoms with Crippen molar-refractivity contribution in [2.75, 3.05) is 7.11 Å². The number of aromatic nitrogens is 2. The lowest BCUT2D eigenvalue weighted by Crippen LogP contribution is -2.13. The third-order valence-corrected chi connectivity index (χ3v) is 3.28. The lowest BCUT2D eigenvalue weighted by Gasteiger charge is -2.15. The second kappa shape index (κ2) is 4.76. The summed E-state index contributed by atoms with van der Waals surface area (Å²) in [6.45, 7) is 6.45. The van der Waals surface area contributed by atoms with Gasteiger partial charge >= 0.3 is 0 Å². The van der Waals surface area contributed by atoms with E-state index >= 15 is 0 Å². The molecule has 0 amide bonds. The maximum atomic E-state index is 5.23. The number of methoxy groups -OCH3 is 1. The molecular formula is C14H17BrN2O. The maximum Gasteiger partial charge on any atom is 0.121 e. The van der Waals surface area contributed by atoms with Crippen LogP contribution in [-0.4, -0.2) is 16.9 Å². The Morgan fingerprint density at radius 3 is 2.56 bits per heavy atom. The lowest BCUT2D eigenvalue weighted by atomic mass is 9.93. The average molecular weight is 309 g/mol. The fourth-order valence-corrected chi connectivity index (χ4v) is 2.61. The first-order chi connectivity index (χ1) is 8.41. The summed E-state index contributed by atoms with van der Waals surface area (Å²) in [7, 11) is 1.67. The van der Waals surface area contributed by atoms with Crippen LogP contribution in [0, 0.1) is 0 Å². The molecule has 0 radical (unpaired) electrons. The van der Waals surface area contributed by atoms with Gasteiger partial charge in [-0.05, 0) is 28.1 Å². The summed E-state index contributed by atoms with van der Waals surface area (Å²) < 4.78 is 8.12. The third-order valence-electron chi connectivity index (χ3n) is 2.70. The Balaban J connectivity index is 2.46. The molecule has 2 rings (SSSR count). The Morgan fingerprint density at radius 2 is 2.00 bits per heavy atom. The van der Waals surface area contributed by atoms with Crippen molar-refractivity contribution >= 4 is 15.9 Å². The van der Waals surface area contributed by atoms with Crippen LogP contribution in [0.4, 0.5) is 0 Å². The number of ether oxygens (including phenoxy) is 1. The Kier molecular flexibility index (Phi) is 3.48. The van der Waals surface area contributed by atoms with Crippen LogP contribution in [0.3, 0.4) is 0 Å². The largest absolute Gasteiger partial charge is 0.497 e. The molecule has 96 valence electrons. The highest BCUT2D eigenvalue weighted by Gasteiger charge is 2.21. The molecule has 2 aromatic rings. The second-order valence-corrected chi connectivity index (χ2v) is 6.08. The van der Waals surface area contributed by atoms with Crippen molar-refractivity contribution in [3.05, 3.63) is 40.6 Å². The van der Waals surface area contributed by atoms with Crippen LogP contribution in [0.1, 0.15) is 26.5 Å². The first-order valence-electron chi connectivity index (χ1n) is 5.82. The molecule has 0 fully saturated rings. The van der Waals surface area contributed by atoms with E-state index in [4.69, 9.17) is 4.74 Å². The molecule has 1 heterocycles. The van der Waals surface area contributed by atoms with Crippen molar-refractivity contribution in [3.8, 4) is 11.4 Å². The van der Waals surface area contributed by atoms with Gasteiger partial charge in [0, 0.05) is 17.7 Å². The molecule has 0 N–H and O–H groups in total. The van der Waals surface area contributed by atoms with Crippen LogP contribution in [0.5, 0.6) is 5.75 Å². The monoisotopic (exact) mass is 308 g/mol. The van der Waals surface area contributed by atoms with Crippen molar-refractivity contribution in [1.29, 1.82) is 0 Å². The predicted octanol–water partition coefficient (Wildman–Crippen LogP) is 3.94. The number of benzene rings is 1. The quantitative estimate of drug-likeness (QED) is 0.840. The van der Waals surface area contributed by atoms with Crippen molar-refractivity contribution in [1.82, 2.24) is 9.78 Å². The lowest BCUT2D eigenvalue weighted by molar-refractivity contribution is 0.414. The van der Waals surface area contributed by atoms with Gasteiger partial charge in [-0.15, -0.1) is 0 Å². The van der Waals surface area contributed by atoms with Crippen molar-refractivity contribution in [2.45, 2.75) is 26.2 Å². The van der Waals surface area contributed by atoms with Gasteiger partial charge in [0.05, 0.1) is 23.0 Å². The highest BCUT2D eigenvalue weighted by atomic mass is 79.9. The van der Waals surface area contributed by atoms with Crippen molar-refractivity contribution in [2.24, 2.45) is 0 Å². The summed E-state index contributed by atoms with van der Waals surface area (Å²) in [5.74, 6) is 0.830. The zero-order chi connectivity index (χ0) is 13.3. The summed E-state index contributed by atoms with van der Waals surface area (Å²) in [5.41, 5.74) is 2.05. The zero-order valence-electron chi connectivity index (χ0n) is 11.1. The molecule has 0 aliphatic carbocycles. The van der Waals surface area contributed by atoms with E-state index in [9.17, 15) is 0 Å². The SMILES string of the molecule is COc1cccc(-n2cc(Br)c(C(C)(C)C)n2)c1. The van der Waals surface area contributed by atoms with Crippen LogP contribution in [0.25, 0.3) is 5.69 Å². The Labute approximate surface area is 116 Å². The van der Waals surface area contributed by atoms with Crippen LogP contribution in [0.2, 0.25) is 0 Å². The van der Waals surface area contributed by atoms with E-state index in [1.165, 1.54) is 0 Å². The Morgan fingerprint density at radius 1 is 1.28 bits per heavy atom. The van der Waals surface area contributed by atoms with Gasteiger partial charge in [0.25, 0.3) is 0 Å². The molecular weight excluding hydrogens is 292 g/mol. The molecule has 18 heavy (non-hydrogen) atoms. The second-order valence-electron chi connectivity index (χ2n) is 5.22. The first-order valence-corrected chi connectivity index (χ1v) is 6.61. The molecule has 0 saturated heterocycles. The molecule has 0 aliphatic heterocycles. The summed E-state index contributed by atoms with van der Waals surface area (Å²) >= 11 is 3.57. The van der Waals surface area contributed by atoms with E-state index in [-0.39, 0.29) is 5.41 Å². The molecule has 0 aliphatic rings. The van der Waals surface area contributed by atoms with Gasteiger partial charge in [-0.25, -0.2) is 4.68 Å². The fourth-order valence-electron chi connectivity index (χ4n) is 1.75. The smallest absolute Gasteiger partial charge is 0.121 e. The normalized spacial score (nSPS) is 11.6. The van der Waals surface area contributed by atoms with Gasteiger partial charge in [-0.3, -0.25) is 0 Å². The summed E-state index contributed by atoms with van der Waals surface area (Å²) in [6.07, 6.45) is 1.98. The summed E-state index contributed by atoms with van der Waals surface area (Å²) in [4.78, 5) is 0. The topological polar surface area (TPSA) is 27.1 Å². The third kappa shape index (κ3) is 2.58. The number of hydrogen-bond donors (Lipinski definition) is 0. The van der Waals surface area contributed by atoms with E-state index in [1.807, 2.05) is 35.1 Å². The van der Waals surface area contributed by atoms with Gasteiger partial charge in [-0.1, -0.05) is 26.8 Å². The first kappa shape index (κ1) is 13.1. The molecule has 0 bridgehead atoms. The zero-order valence-corrected chi connectivity index (χ0v) is 12.7. The van der Waals surface area contributed by atoms with Crippen LogP contribution in [0.15, 0.2) is 34.9 Å².